The maximum Gasteiger partial charge on any atom is 0.164 e. The fraction of sp³-hybridized carbons (Fsp3) is 0.182. The molecule has 4 heterocycles. The van der Waals surface area contributed by atoms with Crippen LogP contribution in [0.15, 0.2) is 55.1 Å². The van der Waals surface area contributed by atoms with Crippen LogP contribution < -0.4 is 5.73 Å². The molecule has 7 nitrogen and oxygen atoms in total. The van der Waals surface area contributed by atoms with Crippen LogP contribution in [0.3, 0.4) is 0 Å². The van der Waals surface area contributed by atoms with E-state index in [0.29, 0.717) is 5.82 Å². The van der Waals surface area contributed by atoms with E-state index in [0.717, 1.165) is 52.6 Å². The summed E-state index contributed by atoms with van der Waals surface area (Å²) in [4.78, 5) is 16.4. The minimum atomic E-state index is 0.235. The number of benzene rings is 1. The number of aryl methyl sites for hydroxylation is 1. The molecule has 5 aromatic rings. The Morgan fingerprint density at radius 2 is 1.93 bits per heavy atom. The van der Waals surface area contributed by atoms with Crippen molar-refractivity contribution in [1.82, 2.24) is 29.7 Å². The Morgan fingerprint density at radius 3 is 2.86 bits per heavy atom. The molecule has 0 spiro atoms. The number of hydrogen-bond acceptors (Lipinski definition) is 5. The molecule has 0 amide bonds. The number of H-pyrrole nitrogens is 1. The lowest BCUT2D eigenvalue weighted by molar-refractivity contribution is 0.415. The van der Waals surface area contributed by atoms with Crippen LogP contribution in [0, 0.1) is 0 Å². The van der Waals surface area contributed by atoms with E-state index in [4.69, 9.17) is 10.8 Å². The van der Waals surface area contributed by atoms with Crippen molar-refractivity contribution in [2.45, 2.75) is 25.3 Å². The predicted octanol–water partition coefficient (Wildman–Crippen LogP) is 3.68. The van der Waals surface area contributed by atoms with E-state index in [2.05, 4.69) is 44.2 Å². The Balaban J connectivity index is 1.55. The lowest BCUT2D eigenvalue weighted by atomic mass is 9.88. The van der Waals surface area contributed by atoms with Gasteiger partial charge in [0.05, 0.1) is 11.4 Å². The van der Waals surface area contributed by atoms with Crippen LogP contribution >= 0.6 is 0 Å². The zero-order valence-electron chi connectivity index (χ0n) is 15.7. The van der Waals surface area contributed by atoms with Gasteiger partial charge in [0.25, 0.3) is 0 Å². The Bertz CT molecular complexity index is 1360. The van der Waals surface area contributed by atoms with Crippen molar-refractivity contribution in [2.24, 2.45) is 0 Å². The van der Waals surface area contributed by atoms with Crippen LogP contribution in [0.2, 0.25) is 0 Å². The number of nitrogens with zero attached hydrogens (tertiary/aromatic N) is 5. The molecule has 1 aliphatic carbocycles. The van der Waals surface area contributed by atoms with E-state index in [9.17, 15) is 0 Å². The smallest absolute Gasteiger partial charge is 0.164 e. The van der Waals surface area contributed by atoms with Gasteiger partial charge in [-0.05, 0) is 42.5 Å². The molecule has 7 heteroatoms. The van der Waals surface area contributed by atoms with Gasteiger partial charge in [-0.1, -0.05) is 24.3 Å². The molecule has 1 unspecified atom stereocenters. The van der Waals surface area contributed by atoms with Crippen LogP contribution in [-0.2, 0) is 12.8 Å². The molecule has 29 heavy (non-hydrogen) atoms. The minimum Gasteiger partial charge on any atom is -0.383 e. The van der Waals surface area contributed by atoms with Gasteiger partial charge in [-0.3, -0.25) is 0 Å². The number of aromatic nitrogens is 6. The van der Waals surface area contributed by atoms with Crippen molar-refractivity contribution in [3.05, 3.63) is 66.2 Å². The van der Waals surface area contributed by atoms with Crippen LogP contribution in [0.1, 0.15) is 23.6 Å². The standard InChI is InChI=1S/C22H19N7/c23-20-18-19(17-11-25-21-16(17)6-3-9-24-21)28-29(22(18)27-12-26-20)15-8-7-13-4-1-2-5-14(13)10-15/h1-6,9,11-12,15H,7-8,10H2,(H,24,25)(H2,23,26,27). The summed E-state index contributed by atoms with van der Waals surface area (Å²) in [6.45, 7) is 0. The fourth-order valence-electron chi connectivity index (χ4n) is 4.48. The summed E-state index contributed by atoms with van der Waals surface area (Å²) in [5.41, 5.74) is 12.5. The van der Waals surface area contributed by atoms with Crippen molar-refractivity contribution < 1.29 is 0 Å². The number of nitrogens with one attached hydrogen (secondary N) is 1. The average molecular weight is 381 g/mol. The van der Waals surface area contributed by atoms with Gasteiger partial charge in [-0.15, -0.1) is 0 Å². The van der Waals surface area contributed by atoms with Gasteiger partial charge in [0.1, 0.15) is 23.5 Å². The summed E-state index contributed by atoms with van der Waals surface area (Å²) >= 11 is 0. The summed E-state index contributed by atoms with van der Waals surface area (Å²) in [6.07, 6.45) is 8.23. The van der Waals surface area contributed by atoms with E-state index < -0.39 is 0 Å². The van der Waals surface area contributed by atoms with Gasteiger partial charge < -0.3 is 10.7 Å². The monoisotopic (exact) mass is 381 g/mol. The van der Waals surface area contributed by atoms with Crippen molar-refractivity contribution >= 4 is 27.9 Å². The Labute approximate surface area is 166 Å². The highest BCUT2D eigenvalue weighted by molar-refractivity contribution is 6.04. The minimum absolute atomic E-state index is 0.235. The van der Waals surface area contributed by atoms with Gasteiger partial charge in [-0.2, -0.15) is 5.10 Å². The predicted molar refractivity (Wildman–Crippen MR) is 112 cm³/mol. The molecule has 0 fully saturated rings. The number of pyridine rings is 1. The quantitative estimate of drug-likeness (QED) is 0.486. The van der Waals surface area contributed by atoms with E-state index in [1.165, 1.54) is 17.5 Å². The zero-order valence-corrected chi connectivity index (χ0v) is 15.7. The second-order valence-electron chi connectivity index (χ2n) is 7.52. The molecule has 6 rings (SSSR count). The second kappa shape index (κ2) is 6.13. The summed E-state index contributed by atoms with van der Waals surface area (Å²) in [5, 5.41) is 6.84. The summed E-state index contributed by atoms with van der Waals surface area (Å²) in [7, 11) is 0. The molecular weight excluding hydrogens is 362 g/mol. The molecule has 0 aliphatic heterocycles. The highest BCUT2D eigenvalue weighted by Crippen LogP contribution is 2.37. The third kappa shape index (κ3) is 2.44. The molecule has 1 aliphatic rings. The van der Waals surface area contributed by atoms with E-state index in [1.54, 1.807) is 6.20 Å². The second-order valence-corrected chi connectivity index (χ2v) is 7.52. The van der Waals surface area contributed by atoms with Gasteiger partial charge in [0.2, 0.25) is 0 Å². The third-order valence-electron chi connectivity index (χ3n) is 5.89. The first-order valence-corrected chi connectivity index (χ1v) is 9.77. The third-order valence-corrected chi connectivity index (χ3v) is 5.89. The lowest BCUT2D eigenvalue weighted by Crippen LogP contribution is -2.20. The van der Waals surface area contributed by atoms with Crippen LogP contribution in [0.25, 0.3) is 33.3 Å². The number of rotatable bonds is 2. The Kier molecular flexibility index (Phi) is 3.43. The molecule has 142 valence electrons. The SMILES string of the molecule is Nc1ncnc2c1c(-c1c[nH]c3ncccc13)nn2C1CCc2ccccc2C1. The van der Waals surface area contributed by atoms with Gasteiger partial charge in [0.15, 0.2) is 5.65 Å². The molecule has 4 aromatic heterocycles. The number of fused-ring (bicyclic) bond motifs is 3. The topological polar surface area (TPSA) is 98.3 Å². The first-order chi connectivity index (χ1) is 14.3. The lowest BCUT2D eigenvalue weighted by Gasteiger charge is -2.25. The average Bonchev–Trinajstić information content (AvgIpc) is 3.36. The summed E-state index contributed by atoms with van der Waals surface area (Å²) in [5.74, 6) is 0.450. The highest BCUT2D eigenvalue weighted by atomic mass is 15.3. The van der Waals surface area contributed by atoms with E-state index >= 15 is 0 Å². The zero-order chi connectivity index (χ0) is 19.4. The summed E-state index contributed by atoms with van der Waals surface area (Å²) < 4.78 is 2.05. The van der Waals surface area contributed by atoms with Crippen LogP contribution in [0.5, 0.6) is 0 Å². The first kappa shape index (κ1) is 16.2. The number of nitrogen functional groups attached to an aromatic ring is 1. The highest BCUT2D eigenvalue weighted by Gasteiger charge is 2.26. The van der Waals surface area contributed by atoms with E-state index in [-0.39, 0.29) is 6.04 Å². The van der Waals surface area contributed by atoms with Crippen molar-refractivity contribution in [3.63, 3.8) is 0 Å². The van der Waals surface area contributed by atoms with Crippen molar-refractivity contribution in [1.29, 1.82) is 0 Å². The van der Waals surface area contributed by atoms with Gasteiger partial charge in [-0.25, -0.2) is 19.6 Å². The number of hydrogen-bond donors (Lipinski definition) is 2. The molecule has 0 saturated heterocycles. The van der Waals surface area contributed by atoms with Crippen LogP contribution in [0.4, 0.5) is 5.82 Å². The fourth-order valence-corrected chi connectivity index (χ4v) is 4.48. The number of anilines is 1. The largest absolute Gasteiger partial charge is 0.383 e. The molecule has 3 N–H and O–H groups in total. The van der Waals surface area contributed by atoms with Gasteiger partial charge >= 0.3 is 0 Å². The van der Waals surface area contributed by atoms with E-state index in [1.807, 2.05) is 23.0 Å². The molecule has 1 aromatic carbocycles. The molecule has 0 radical (unpaired) electrons. The maximum absolute atomic E-state index is 6.30. The maximum atomic E-state index is 6.30. The number of nitrogens with two attached hydrogens (primary N) is 1. The Morgan fingerprint density at radius 1 is 1.03 bits per heavy atom. The molecule has 0 saturated carbocycles. The van der Waals surface area contributed by atoms with Crippen molar-refractivity contribution in [3.8, 4) is 11.3 Å². The first-order valence-electron chi connectivity index (χ1n) is 9.77. The van der Waals surface area contributed by atoms with Gasteiger partial charge in [0, 0.05) is 23.3 Å². The molecular formula is C22H19N7. The normalized spacial score (nSPS) is 16.3. The molecule has 1 atom stereocenters. The van der Waals surface area contributed by atoms with Crippen molar-refractivity contribution in [2.75, 3.05) is 5.73 Å². The molecule has 0 bridgehead atoms. The number of aromatic amines is 1. The summed E-state index contributed by atoms with van der Waals surface area (Å²) in [6, 6.07) is 12.8. The Hall–Kier alpha value is -3.74. The van der Waals surface area contributed by atoms with Crippen LogP contribution in [-0.4, -0.2) is 29.7 Å².